The minimum Gasteiger partial charge on any atom is -0.454 e. The minimum atomic E-state index is 0.489. The highest BCUT2D eigenvalue weighted by Gasteiger charge is 2.09. The van der Waals surface area contributed by atoms with Gasteiger partial charge in [0.15, 0.2) is 5.76 Å². The van der Waals surface area contributed by atoms with E-state index in [0.29, 0.717) is 10.9 Å². The molecule has 22 heavy (non-hydrogen) atoms. The van der Waals surface area contributed by atoms with Gasteiger partial charge in [-0.1, -0.05) is 29.8 Å². The maximum atomic E-state index is 6.04. The third-order valence-electron chi connectivity index (χ3n) is 3.64. The van der Waals surface area contributed by atoms with Crippen molar-refractivity contribution in [3.63, 3.8) is 0 Å². The zero-order chi connectivity index (χ0) is 15.1. The van der Waals surface area contributed by atoms with Gasteiger partial charge in [-0.15, -0.1) is 11.6 Å². The molecule has 0 spiro atoms. The summed E-state index contributed by atoms with van der Waals surface area (Å²) in [4.78, 5) is 4.64. The molecule has 0 saturated carbocycles. The molecule has 0 unspecified atom stereocenters. The largest absolute Gasteiger partial charge is 0.454 e. The summed E-state index contributed by atoms with van der Waals surface area (Å²) in [5.41, 5.74) is 3.54. The first kappa shape index (κ1) is 13.6. The summed E-state index contributed by atoms with van der Waals surface area (Å²) in [5.74, 6) is 1.23. The van der Waals surface area contributed by atoms with Crippen molar-refractivity contribution in [3.05, 3.63) is 65.2 Å². The van der Waals surface area contributed by atoms with Gasteiger partial charge in [0.05, 0.1) is 5.52 Å². The van der Waals surface area contributed by atoms with E-state index >= 15 is 0 Å². The number of halogens is 2. The number of furan rings is 1. The van der Waals surface area contributed by atoms with E-state index in [4.69, 9.17) is 27.6 Å². The Hall–Kier alpha value is -2.03. The van der Waals surface area contributed by atoms with E-state index in [-0.39, 0.29) is 0 Å². The molecule has 4 aromatic rings. The molecule has 0 aliphatic heterocycles. The zero-order valence-electron chi connectivity index (χ0n) is 11.5. The Morgan fingerprint density at radius 2 is 1.77 bits per heavy atom. The number of alkyl halides is 1. The van der Waals surface area contributed by atoms with Crippen LogP contribution in [0.3, 0.4) is 0 Å². The lowest BCUT2D eigenvalue weighted by atomic mass is 10.1. The van der Waals surface area contributed by atoms with Gasteiger partial charge in [0, 0.05) is 21.7 Å². The van der Waals surface area contributed by atoms with Gasteiger partial charge in [-0.25, -0.2) is 4.98 Å². The first-order valence-electron chi connectivity index (χ1n) is 6.88. The SMILES string of the molecule is ClCc1ccc2oc(-c3ccc4ccc(Cl)cc4n3)cc2c1. The van der Waals surface area contributed by atoms with Gasteiger partial charge < -0.3 is 4.42 Å². The van der Waals surface area contributed by atoms with E-state index in [2.05, 4.69) is 4.98 Å². The van der Waals surface area contributed by atoms with E-state index in [1.165, 1.54) is 0 Å². The number of pyridine rings is 1. The summed E-state index contributed by atoms with van der Waals surface area (Å²) in [6.07, 6.45) is 0. The predicted octanol–water partition coefficient (Wildman–Crippen LogP) is 6.04. The average Bonchev–Trinajstić information content (AvgIpc) is 2.97. The first-order chi connectivity index (χ1) is 10.7. The van der Waals surface area contributed by atoms with E-state index < -0.39 is 0 Å². The van der Waals surface area contributed by atoms with Crippen molar-refractivity contribution in [2.45, 2.75) is 5.88 Å². The Morgan fingerprint density at radius 1 is 0.909 bits per heavy atom. The number of hydrogen-bond acceptors (Lipinski definition) is 2. The third-order valence-corrected chi connectivity index (χ3v) is 4.19. The van der Waals surface area contributed by atoms with Gasteiger partial charge in [0.2, 0.25) is 0 Å². The Bertz CT molecular complexity index is 991. The van der Waals surface area contributed by atoms with E-state index in [1.54, 1.807) is 0 Å². The van der Waals surface area contributed by atoms with Crippen LogP contribution < -0.4 is 0 Å². The second-order valence-corrected chi connectivity index (χ2v) is 5.85. The molecule has 2 nitrogen and oxygen atoms in total. The molecule has 0 bridgehead atoms. The van der Waals surface area contributed by atoms with Crippen LogP contribution in [0.5, 0.6) is 0 Å². The second kappa shape index (κ2) is 5.31. The molecule has 2 aromatic heterocycles. The second-order valence-electron chi connectivity index (χ2n) is 5.15. The van der Waals surface area contributed by atoms with Crippen LogP contribution in [-0.4, -0.2) is 4.98 Å². The Labute approximate surface area is 137 Å². The topological polar surface area (TPSA) is 26.0 Å². The Morgan fingerprint density at radius 3 is 2.64 bits per heavy atom. The fourth-order valence-corrected chi connectivity index (χ4v) is 2.86. The summed E-state index contributed by atoms with van der Waals surface area (Å²) in [6.45, 7) is 0. The van der Waals surface area contributed by atoms with Gasteiger partial charge in [-0.05, 0) is 42.0 Å². The monoisotopic (exact) mass is 327 g/mol. The summed E-state index contributed by atoms with van der Waals surface area (Å²) in [7, 11) is 0. The van der Waals surface area contributed by atoms with Crippen LogP contribution in [-0.2, 0) is 5.88 Å². The highest BCUT2D eigenvalue weighted by molar-refractivity contribution is 6.31. The number of benzene rings is 2. The molecule has 2 heterocycles. The van der Waals surface area contributed by atoms with Crippen LogP contribution in [0.25, 0.3) is 33.3 Å². The molecule has 4 rings (SSSR count). The molecule has 0 amide bonds. The molecule has 0 N–H and O–H groups in total. The van der Waals surface area contributed by atoms with E-state index in [1.807, 2.05) is 54.6 Å². The molecule has 0 atom stereocenters. The van der Waals surface area contributed by atoms with Crippen LogP contribution in [0.4, 0.5) is 0 Å². The number of rotatable bonds is 2. The normalized spacial score (nSPS) is 11.4. The molecule has 0 aliphatic rings. The molecule has 4 heteroatoms. The van der Waals surface area contributed by atoms with Gasteiger partial charge in [-0.3, -0.25) is 0 Å². The van der Waals surface area contributed by atoms with Gasteiger partial charge >= 0.3 is 0 Å². The maximum absolute atomic E-state index is 6.04. The van der Waals surface area contributed by atoms with Crippen molar-refractivity contribution in [1.82, 2.24) is 4.98 Å². The van der Waals surface area contributed by atoms with Crippen molar-refractivity contribution < 1.29 is 4.42 Å². The lowest BCUT2D eigenvalue weighted by Gasteiger charge is -2.00. The highest BCUT2D eigenvalue weighted by Crippen LogP contribution is 2.29. The van der Waals surface area contributed by atoms with Crippen LogP contribution >= 0.6 is 23.2 Å². The molecule has 108 valence electrons. The van der Waals surface area contributed by atoms with E-state index in [0.717, 1.165) is 38.9 Å². The molecule has 0 radical (unpaired) electrons. The predicted molar refractivity (Wildman–Crippen MR) is 91.5 cm³/mol. The number of aromatic nitrogens is 1. The fraction of sp³-hybridized carbons (Fsp3) is 0.0556. The highest BCUT2D eigenvalue weighted by atomic mass is 35.5. The summed E-state index contributed by atoms with van der Waals surface area (Å²) >= 11 is 11.9. The average molecular weight is 328 g/mol. The summed E-state index contributed by atoms with van der Waals surface area (Å²) < 4.78 is 5.89. The Balaban J connectivity index is 1.86. The lowest BCUT2D eigenvalue weighted by molar-refractivity contribution is 0.629. The van der Waals surface area contributed by atoms with Crippen molar-refractivity contribution in [1.29, 1.82) is 0 Å². The summed E-state index contributed by atoms with van der Waals surface area (Å²) in [5, 5.41) is 2.75. The third kappa shape index (κ3) is 2.35. The standard InChI is InChI=1S/C18H11Cl2NO/c19-10-11-1-6-17-13(7-11)8-18(22-17)15-5-3-12-2-4-14(20)9-16(12)21-15/h1-9H,10H2. The molecular weight excluding hydrogens is 317 g/mol. The van der Waals surface area contributed by atoms with Crippen molar-refractivity contribution in [2.24, 2.45) is 0 Å². The van der Waals surface area contributed by atoms with Crippen molar-refractivity contribution in [2.75, 3.05) is 0 Å². The lowest BCUT2D eigenvalue weighted by Crippen LogP contribution is -1.83. The first-order valence-corrected chi connectivity index (χ1v) is 7.79. The molecule has 2 aromatic carbocycles. The van der Waals surface area contributed by atoms with Gasteiger partial charge in [0.1, 0.15) is 11.3 Å². The van der Waals surface area contributed by atoms with Crippen LogP contribution in [0.15, 0.2) is 59.0 Å². The van der Waals surface area contributed by atoms with E-state index in [9.17, 15) is 0 Å². The van der Waals surface area contributed by atoms with Gasteiger partial charge in [-0.2, -0.15) is 0 Å². The molecule has 0 fully saturated rings. The van der Waals surface area contributed by atoms with Crippen molar-refractivity contribution in [3.8, 4) is 11.5 Å². The van der Waals surface area contributed by atoms with Crippen LogP contribution in [0, 0.1) is 0 Å². The molecule has 0 aliphatic carbocycles. The summed E-state index contributed by atoms with van der Waals surface area (Å²) in [6, 6.07) is 17.6. The quantitative estimate of drug-likeness (QED) is 0.419. The molecular formula is C18H11Cl2NO. The van der Waals surface area contributed by atoms with Gasteiger partial charge in [0.25, 0.3) is 0 Å². The number of hydrogen-bond donors (Lipinski definition) is 0. The van der Waals surface area contributed by atoms with Crippen molar-refractivity contribution >= 4 is 45.1 Å². The van der Waals surface area contributed by atoms with Crippen LogP contribution in [0.2, 0.25) is 5.02 Å². The number of nitrogens with zero attached hydrogens (tertiary/aromatic N) is 1. The smallest absolute Gasteiger partial charge is 0.153 e. The van der Waals surface area contributed by atoms with Crippen LogP contribution in [0.1, 0.15) is 5.56 Å². The number of fused-ring (bicyclic) bond motifs is 2. The fourth-order valence-electron chi connectivity index (χ4n) is 2.53. The Kier molecular flexibility index (Phi) is 3.29. The maximum Gasteiger partial charge on any atom is 0.153 e. The molecule has 0 saturated heterocycles. The zero-order valence-corrected chi connectivity index (χ0v) is 13.0. The minimum absolute atomic E-state index is 0.489.